The van der Waals surface area contributed by atoms with Gasteiger partial charge in [0.15, 0.2) is 0 Å². The van der Waals surface area contributed by atoms with Gasteiger partial charge in [-0.25, -0.2) is 0 Å². The van der Waals surface area contributed by atoms with Crippen LogP contribution in [0, 0.1) is 30.6 Å². The second kappa shape index (κ2) is 12.7. The molecular formula is C40H32Cl3N3O6. The number of anilines is 2. The van der Waals surface area contributed by atoms with Gasteiger partial charge in [0.05, 0.1) is 46.7 Å². The molecule has 0 spiro atoms. The van der Waals surface area contributed by atoms with Crippen LogP contribution in [-0.4, -0.2) is 40.9 Å². The number of amides is 4. The summed E-state index contributed by atoms with van der Waals surface area (Å²) in [5.74, 6) is -5.27. The number of hydrogen-bond donors (Lipinski definition) is 2. The molecule has 6 atom stereocenters. The van der Waals surface area contributed by atoms with Crippen molar-refractivity contribution in [1.82, 2.24) is 5.01 Å². The van der Waals surface area contributed by atoms with Gasteiger partial charge in [0.25, 0.3) is 11.8 Å². The lowest BCUT2D eigenvalue weighted by Crippen LogP contribution is -2.53. The van der Waals surface area contributed by atoms with Crippen LogP contribution in [0.25, 0.3) is 0 Å². The van der Waals surface area contributed by atoms with Crippen LogP contribution >= 0.6 is 34.8 Å². The first-order valence-electron chi connectivity index (χ1n) is 16.8. The van der Waals surface area contributed by atoms with E-state index in [0.717, 1.165) is 10.6 Å². The number of aryl methyl sites for hydroxylation is 1. The van der Waals surface area contributed by atoms with Crippen LogP contribution in [0.2, 0.25) is 15.1 Å². The Morgan fingerprint density at radius 1 is 0.846 bits per heavy atom. The number of carbonyl (C=O) groups is 4. The first-order valence-corrected chi connectivity index (χ1v) is 18.0. The number of hydrazine groups is 1. The van der Waals surface area contributed by atoms with Gasteiger partial charge < -0.3 is 9.84 Å². The fourth-order valence-corrected chi connectivity index (χ4v) is 9.52. The third-order valence-corrected chi connectivity index (χ3v) is 12.0. The van der Waals surface area contributed by atoms with Crippen molar-refractivity contribution in [3.8, 4) is 11.5 Å². The van der Waals surface area contributed by atoms with E-state index in [4.69, 9.17) is 39.5 Å². The lowest BCUT2D eigenvalue weighted by molar-refractivity contribution is -0.138. The van der Waals surface area contributed by atoms with Gasteiger partial charge in [-0.1, -0.05) is 76.8 Å². The number of phenolic OH excluding ortho intramolecular Hbond substituents is 1. The van der Waals surface area contributed by atoms with E-state index in [-0.39, 0.29) is 41.1 Å². The number of halogens is 3. The predicted octanol–water partition coefficient (Wildman–Crippen LogP) is 7.86. The Bertz CT molecular complexity index is 2210. The topological polar surface area (TPSA) is 116 Å². The van der Waals surface area contributed by atoms with Crippen molar-refractivity contribution in [1.29, 1.82) is 0 Å². The lowest BCUT2D eigenvalue weighted by Gasteiger charge is -2.50. The molecule has 0 bridgehead atoms. The number of methoxy groups -OCH3 is 1. The first-order chi connectivity index (χ1) is 25.0. The van der Waals surface area contributed by atoms with Crippen molar-refractivity contribution in [3.05, 3.63) is 128 Å². The molecule has 12 heteroatoms. The number of nitrogens with one attached hydrogen (secondary N) is 1. The van der Waals surface area contributed by atoms with E-state index >= 15 is 4.79 Å². The summed E-state index contributed by atoms with van der Waals surface area (Å²) in [6.07, 6.45) is 2.27. The highest BCUT2D eigenvalue weighted by atomic mass is 35.5. The van der Waals surface area contributed by atoms with Gasteiger partial charge >= 0.3 is 0 Å². The largest absolute Gasteiger partial charge is 0.507 e. The van der Waals surface area contributed by atoms with Crippen molar-refractivity contribution >= 4 is 69.8 Å². The number of aromatic hydroxyl groups is 1. The van der Waals surface area contributed by atoms with Gasteiger partial charge in [-0.05, 0) is 91.4 Å². The number of allylic oxidation sites excluding steroid dienone is 2. The van der Waals surface area contributed by atoms with Gasteiger partial charge in [0.2, 0.25) is 11.8 Å². The highest BCUT2D eigenvalue weighted by Crippen LogP contribution is 2.65. The summed E-state index contributed by atoms with van der Waals surface area (Å²) in [6.45, 7) is 1.77. The second-order valence-corrected chi connectivity index (χ2v) is 15.0. The van der Waals surface area contributed by atoms with E-state index in [1.54, 1.807) is 85.8 Å². The molecule has 2 heterocycles. The minimum atomic E-state index is -1.59. The van der Waals surface area contributed by atoms with Crippen LogP contribution in [0.4, 0.5) is 11.4 Å². The van der Waals surface area contributed by atoms with E-state index in [9.17, 15) is 19.5 Å². The quantitative estimate of drug-likeness (QED) is 0.152. The first kappa shape index (κ1) is 34.3. The zero-order valence-electron chi connectivity index (χ0n) is 28.0. The number of rotatable bonds is 6. The Kier molecular flexibility index (Phi) is 8.36. The Morgan fingerprint density at radius 2 is 1.56 bits per heavy atom. The van der Waals surface area contributed by atoms with E-state index in [1.165, 1.54) is 18.1 Å². The Balaban J connectivity index is 1.34. The van der Waals surface area contributed by atoms with Crippen LogP contribution in [-0.2, 0) is 24.6 Å². The maximum Gasteiger partial charge on any atom is 0.260 e. The predicted molar refractivity (Wildman–Crippen MR) is 197 cm³/mol. The highest BCUT2D eigenvalue weighted by molar-refractivity contribution is 6.36. The number of benzene rings is 4. The minimum Gasteiger partial charge on any atom is -0.507 e. The van der Waals surface area contributed by atoms with Gasteiger partial charge in [-0.2, -0.15) is 5.01 Å². The Hall–Kier alpha value is -4.83. The third kappa shape index (κ3) is 4.97. The minimum absolute atomic E-state index is 0.0215. The molecule has 0 radical (unpaired) electrons. The Labute approximate surface area is 314 Å². The van der Waals surface area contributed by atoms with E-state index in [2.05, 4.69) is 5.43 Å². The summed E-state index contributed by atoms with van der Waals surface area (Å²) >= 11 is 18.8. The lowest BCUT2D eigenvalue weighted by atomic mass is 9.49. The molecule has 1 saturated carbocycles. The van der Waals surface area contributed by atoms with Crippen LogP contribution < -0.4 is 15.1 Å². The summed E-state index contributed by atoms with van der Waals surface area (Å²) in [7, 11) is 1.54. The molecule has 4 aromatic carbocycles. The number of ether oxygens (including phenoxy) is 1. The number of imide groups is 2. The molecular weight excluding hydrogens is 725 g/mol. The molecule has 2 aliphatic heterocycles. The number of hydrogen-bond acceptors (Lipinski definition) is 7. The Morgan fingerprint density at radius 3 is 2.25 bits per heavy atom. The van der Waals surface area contributed by atoms with E-state index in [0.29, 0.717) is 38.2 Å². The van der Waals surface area contributed by atoms with Crippen LogP contribution in [0.5, 0.6) is 11.5 Å². The number of phenols is 1. The molecule has 52 heavy (non-hydrogen) atoms. The van der Waals surface area contributed by atoms with Crippen molar-refractivity contribution in [3.63, 3.8) is 0 Å². The normalized spacial score (nSPS) is 26.6. The smallest absolute Gasteiger partial charge is 0.260 e. The summed E-state index contributed by atoms with van der Waals surface area (Å²) in [6, 6.07) is 23.5. The van der Waals surface area contributed by atoms with E-state index < -0.39 is 46.8 Å². The molecule has 2 saturated heterocycles. The molecule has 9 nitrogen and oxygen atoms in total. The second-order valence-electron chi connectivity index (χ2n) is 13.7. The van der Waals surface area contributed by atoms with Crippen molar-refractivity contribution in [2.24, 2.45) is 23.7 Å². The highest BCUT2D eigenvalue weighted by Gasteiger charge is 2.70. The van der Waals surface area contributed by atoms with Gasteiger partial charge in [-0.3, -0.25) is 29.5 Å². The fourth-order valence-electron chi connectivity index (χ4n) is 8.95. The number of para-hydroxylation sites is 1. The van der Waals surface area contributed by atoms with Crippen molar-refractivity contribution < 1.29 is 29.0 Å². The standard InChI is InChI=1S/C40H32Cl3N3O6/c1-20-4-3-5-28(35(20)47)34-26-15-16-27-33(38(50)45(36(27)48)24-11-8-22(41)9-12-24)29(26)19-30-37(49)46(44-32-17-10-23(42)18-31(32)43)39(51)40(30,34)21-6-13-25(52-2)14-7-21/h3-15,17-18,27,29-30,33-34,44,47H,16,19H2,1-2H3. The third-order valence-electron chi connectivity index (χ3n) is 11.2. The summed E-state index contributed by atoms with van der Waals surface area (Å²) in [5.41, 5.74) is 4.37. The van der Waals surface area contributed by atoms with Gasteiger partial charge in [0, 0.05) is 21.5 Å². The number of fused-ring (bicyclic) bond motifs is 4. The average Bonchev–Trinajstić information content (AvgIpc) is 3.52. The number of nitrogens with zero attached hydrogens (tertiary/aromatic N) is 2. The van der Waals surface area contributed by atoms with Crippen LogP contribution in [0.1, 0.15) is 35.4 Å². The van der Waals surface area contributed by atoms with Crippen LogP contribution in [0.3, 0.4) is 0 Å². The van der Waals surface area contributed by atoms with Gasteiger partial charge in [-0.15, -0.1) is 0 Å². The summed E-state index contributed by atoms with van der Waals surface area (Å²) in [4.78, 5) is 59.9. The molecule has 2 N–H and O–H groups in total. The molecule has 4 amide bonds. The zero-order valence-corrected chi connectivity index (χ0v) is 30.2. The number of carbonyl (C=O) groups excluding carboxylic acids is 4. The zero-order chi connectivity index (χ0) is 36.6. The maximum atomic E-state index is 15.4. The molecule has 6 unspecified atom stereocenters. The molecule has 8 rings (SSSR count). The maximum absolute atomic E-state index is 15.4. The summed E-state index contributed by atoms with van der Waals surface area (Å²) < 4.78 is 5.46. The molecule has 264 valence electrons. The fraction of sp³-hybridized carbons (Fsp3) is 0.250. The molecule has 0 aromatic heterocycles. The molecule has 4 aromatic rings. The molecule has 3 fully saturated rings. The van der Waals surface area contributed by atoms with E-state index in [1.807, 2.05) is 6.08 Å². The van der Waals surface area contributed by atoms with Crippen LogP contribution in [0.15, 0.2) is 96.6 Å². The SMILES string of the molecule is COc1ccc(C23C(=O)N(Nc4ccc(Cl)cc4Cl)C(=O)C2CC2C(=CCC4C(=O)N(c5ccc(Cl)cc5)C(=O)C42)C3c2cccc(C)c2O)cc1. The molecule has 4 aliphatic rings. The van der Waals surface area contributed by atoms with Crippen molar-refractivity contribution in [2.75, 3.05) is 17.4 Å². The van der Waals surface area contributed by atoms with Crippen molar-refractivity contribution in [2.45, 2.75) is 31.1 Å². The summed E-state index contributed by atoms with van der Waals surface area (Å²) in [5, 5.41) is 13.8. The molecule has 2 aliphatic carbocycles. The van der Waals surface area contributed by atoms with Gasteiger partial charge in [0.1, 0.15) is 11.5 Å². The average molecular weight is 757 g/mol. The monoisotopic (exact) mass is 755 g/mol.